The molecule has 1 fully saturated rings. The molecule has 1 heterocycles. The van der Waals surface area contributed by atoms with E-state index in [0.29, 0.717) is 17.2 Å². The summed E-state index contributed by atoms with van der Waals surface area (Å²) in [5.41, 5.74) is 0.920. The molecule has 0 spiro atoms. The lowest BCUT2D eigenvalue weighted by atomic mass is 10.1. The third kappa shape index (κ3) is 4.80. The molecule has 0 N–H and O–H groups in total. The number of hydroxylamine groups is 2. The van der Waals surface area contributed by atoms with Crippen LogP contribution in [0.3, 0.4) is 0 Å². The van der Waals surface area contributed by atoms with E-state index < -0.39 is 24.4 Å². The van der Waals surface area contributed by atoms with Crippen LogP contribution in [0.4, 0.5) is 0 Å². The van der Waals surface area contributed by atoms with Crippen LogP contribution in [0, 0.1) is 0 Å². The fraction of sp³-hybridized carbons (Fsp3) is 0.375. The highest BCUT2D eigenvalue weighted by atomic mass is 16.7. The molecule has 1 aromatic carbocycles. The Morgan fingerprint density at radius 3 is 2.25 bits per heavy atom. The lowest BCUT2D eigenvalue weighted by Crippen LogP contribution is -2.33. The molecule has 0 aliphatic carbocycles. The Morgan fingerprint density at radius 1 is 1.04 bits per heavy atom. The van der Waals surface area contributed by atoms with Gasteiger partial charge in [0.1, 0.15) is 5.75 Å². The molecule has 24 heavy (non-hydrogen) atoms. The van der Waals surface area contributed by atoms with Gasteiger partial charge in [0.25, 0.3) is 11.8 Å². The molecule has 0 saturated carbocycles. The van der Waals surface area contributed by atoms with Crippen molar-refractivity contribution >= 4 is 23.8 Å². The number of hydrogen-bond donors (Lipinski definition) is 0. The molecule has 1 aromatic rings. The first-order valence-electron chi connectivity index (χ1n) is 7.34. The summed E-state index contributed by atoms with van der Waals surface area (Å²) in [7, 11) is 1.33. The number of esters is 1. The Hall–Kier alpha value is -2.90. The standard InChI is InChI=1S/C16H17NO7/c1-22-15(20)9-4-11-2-5-12(6-3-11)23-10-16(21)24-17-13(18)7-8-14(17)19/h2-3,5-6H,4,7-10H2,1H3. The zero-order valence-electron chi connectivity index (χ0n) is 13.1. The number of rotatable bonds is 7. The quantitative estimate of drug-likeness (QED) is 0.536. The van der Waals surface area contributed by atoms with Crippen molar-refractivity contribution in [2.75, 3.05) is 13.7 Å². The van der Waals surface area contributed by atoms with Crippen molar-refractivity contribution in [1.29, 1.82) is 0 Å². The number of imide groups is 1. The first-order valence-corrected chi connectivity index (χ1v) is 7.34. The van der Waals surface area contributed by atoms with E-state index in [4.69, 9.17) is 4.74 Å². The first-order chi connectivity index (χ1) is 11.5. The molecule has 1 saturated heterocycles. The molecule has 8 heteroatoms. The summed E-state index contributed by atoms with van der Waals surface area (Å²) >= 11 is 0. The number of carbonyl (C=O) groups excluding carboxylic acids is 4. The summed E-state index contributed by atoms with van der Waals surface area (Å²) in [5.74, 6) is -1.78. The van der Waals surface area contributed by atoms with Crippen LogP contribution >= 0.6 is 0 Å². The molecule has 0 aromatic heterocycles. The largest absolute Gasteiger partial charge is 0.482 e. The van der Waals surface area contributed by atoms with E-state index >= 15 is 0 Å². The van der Waals surface area contributed by atoms with Crippen molar-refractivity contribution in [1.82, 2.24) is 5.06 Å². The number of carbonyl (C=O) groups is 4. The molecule has 2 rings (SSSR count). The van der Waals surface area contributed by atoms with Gasteiger partial charge in [-0.3, -0.25) is 14.4 Å². The number of hydrogen-bond acceptors (Lipinski definition) is 7. The maximum Gasteiger partial charge on any atom is 0.370 e. The molecule has 8 nitrogen and oxygen atoms in total. The fourth-order valence-electron chi connectivity index (χ4n) is 2.03. The molecule has 1 aliphatic rings. The van der Waals surface area contributed by atoms with Crippen LogP contribution in [0.15, 0.2) is 24.3 Å². The number of methoxy groups -OCH3 is 1. The summed E-state index contributed by atoms with van der Waals surface area (Å²) in [6, 6.07) is 6.81. The van der Waals surface area contributed by atoms with Gasteiger partial charge in [-0.15, -0.1) is 5.06 Å². The van der Waals surface area contributed by atoms with E-state index in [1.54, 1.807) is 24.3 Å². The minimum Gasteiger partial charge on any atom is -0.482 e. The van der Waals surface area contributed by atoms with Gasteiger partial charge >= 0.3 is 11.9 Å². The van der Waals surface area contributed by atoms with E-state index in [1.165, 1.54) is 7.11 Å². The molecular formula is C16H17NO7. The van der Waals surface area contributed by atoms with E-state index in [2.05, 4.69) is 9.57 Å². The molecule has 1 aliphatic heterocycles. The Bertz CT molecular complexity index is 622. The average molecular weight is 335 g/mol. The summed E-state index contributed by atoms with van der Waals surface area (Å²) in [6.07, 6.45) is 0.898. The molecular weight excluding hydrogens is 318 g/mol. The van der Waals surface area contributed by atoms with Crippen molar-refractivity contribution in [3.05, 3.63) is 29.8 Å². The monoisotopic (exact) mass is 335 g/mol. The minimum atomic E-state index is -0.839. The van der Waals surface area contributed by atoms with Crippen LogP contribution in [0.25, 0.3) is 0 Å². The van der Waals surface area contributed by atoms with Crippen molar-refractivity contribution in [2.24, 2.45) is 0 Å². The number of ether oxygens (including phenoxy) is 2. The molecule has 0 bridgehead atoms. The van der Waals surface area contributed by atoms with Crippen LogP contribution in [-0.2, 0) is 35.2 Å². The molecule has 0 unspecified atom stereocenters. The smallest absolute Gasteiger partial charge is 0.370 e. The van der Waals surface area contributed by atoms with Crippen LogP contribution < -0.4 is 4.74 Å². The van der Waals surface area contributed by atoms with Crippen LogP contribution in [0.5, 0.6) is 5.75 Å². The highest BCUT2D eigenvalue weighted by Crippen LogP contribution is 2.15. The maximum absolute atomic E-state index is 11.6. The molecule has 0 radical (unpaired) electrons. The van der Waals surface area contributed by atoms with Gasteiger partial charge in [0.05, 0.1) is 7.11 Å². The van der Waals surface area contributed by atoms with Crippen molar-refractivity contribution in [2.45, 2.75) is 25.7 Å². The lowest BCUT2D eigenvalue weighted by Gasteiger charge is -2.13. The summed E-state index contributed by atoms with van der Waals surface area (Å²) in [6.45, 7) is -0.432. The van der Waals surface area contributed by atoms with Crippen LogP contribution in [0.1, 0.15) is 24.8 Å². The highest BCUT2D eigenvalue weighted by Gasteiger charge is 2.32. The zero-order chi connectivity index (χ0) is 17.5. The second kappa shape index (κ2) is 8.09. The van der Waals surface area contributed by atoms with Gasteiger partial charge in [-0.05, 0) is 24.1 Å². The zero-order valence-corrected chi connectivity index (χ0v) is 13.1. The lowest BCUT2D eigenvalue weighted by molar-refractivity contribution is -0.198. The SMILES string of the molecule is COC(=O)CCc1ccc(OCC(=O)ON2C(=O)CCC2=O)cc1. The van der Waals surface area contributed by atoms with Crippen molar-refractivity contribution in [3.63, 3.8) is 0 Å². The van der Waals surface area contributed by atoms with E-state index in [-0.39, 0.29) is 25.2 Å². The molecule has 2 amide bonds. The van der Waals surface area contributed by atoms with Gasteiger partial charge in [-0.1, -0.05) is 12.1 Å². The van der Waals surface area contributed by atoms with Gasteiger partial charge in [0, 0.05) is 19.3 Å². The Kier molecular flexibility index (Phi) is 5.89. The van der Waals surface area contributed by atoms with Crippen molar-refractivity contribution < 1.29 is 33.5 Å². The third-order valence-corrected chi connectivity index (χ3v) is 3.32. The van der Waals surface area contributed by atoms with Gasteiger partial charge in [0.15, 0.2) is 6.61 Å². The highest BCUT2D eigenvalue weighted by molar-refractivity contribution is 6.01. The Balaban J connectivity index is 1.77. The second-order valence-electron chi connectivity index (χ2n) is 5.05. The number of benzene rings is 1. The minimum absolute atomic E-state index is 0.0417. The van der Waals surface area contributed by atoms with Crippen LogP contribution in [0.2, 0.25) is 0 Å². The number of nitrogens with zero attached hydrogens (tertiary/aromatic N) is 1. The Labute approximate surface area is 138 Å². The fourth-order valence-corrected chi connectivity index (χ4v) is 2.03. The van der Waals surface area contributed by atoms with E-state index in [9.17, 15) is 19.2 Å². The van der Waals surface area contributed by atoms with E-state index in [0.717, 1.165) is 5.56 Å². The molecule has 0 atom stereocenters. The summed E-state index contributed by atoms with van der Waals surface area (Å²) in [5, 5.41) is 0.474. The van der Waals surface area contributed by atoms with Gasteiger partial charge < -0.3 is 14.3 Å². The van der Waals surface area contributed by atoms with Gasteiger partial charge in [0.2, 0.25) is 0 Å². The predicted octanol–water partition coefficient (Wildman–Crippen LogP) is 0.778. The van der Waals surface area contributed by atoms with E-state index in [1.807, 2.05) is 0 Å². The average Bonchev–Trinajstić information content (AvgIpc) is 2.90. The number of amides is 2. The normalized spacial score (nSPS) is 13.8. The maximum atomic E-state index is 11.6. The second-order valence-corrected chi connectivity index (χ2v) is 5.05. The first kappa shape index (κ1) is 17.5. The van der Waals surface area contributed by atoms with Gasteiger partial charge in [-0.2, -0.15) is 0 Å². The van der Waals surface area contributed by atoms with Crippen molar-refractivity contribution in [3.8, 4) is 5.75 Å². The molecule has 128 valence electrons. The summed E-state index contributed by atoms with van der Waals surface area (Å²) < 4.78 is 9.80. The summed E-state index contributed by atoms with van der Waals surface area (Å²) in [4.78, 5) is 50.0. The van der Waals surface area contributed by atoms with Crippen LogP contribution in [-0.4, -0.2) is 42.5 Å². The predicted molar refractivity (Wildman–Crippen MR) is 79.5 cm³/mol. The Morgan fingerprint density at radius 2 is 1.67 bits per heavy atom. The number of aryl methyl sites for hydroxylation is 1. The third-order valence-electron chi connectivity index (χ3n) is 3.32. The topological polar surface area (TPSA) is 99.2 Å². The van der Waals surface area contributed by atoms with Gasteiger partial charge in [-0.25, -0.2) is 4.79 Å².